The molecule has 6 heteroatoms. The van der Waals surface area contributed by atoms with Gasteiger partial charge in [-0.15, -0.1) is 0 Å². The Morgan fingerprint density at radius 2 is 1.62 bits per heavy atom. The van der Waals surface area contributed by atoms with Crippen molar-refractivity contribution in [2.75, 3.05) is 0 Å². The molecule has 0 N–H and O–H groups in total. The van der Waals surface area contributed by atoms with E-state index in [4.69, 9.17) is 0 Å². The van der Waals surface area contributed by atoms with Crippen LogP contribution in [0.2, 0.25) is 0 Å². The van der Waals surface area contributed by atoms with Gasteiger partial charge in [-0.1, -0.05) is 24.3 Å². The standard InChI is InChI=1S/C10H8F2O3.K/c1-6(13)7-2-4-8(5-3-7)10(11,12)9(14)15;/h2-5H,1H3,(H,14,15);/q;+1/p-1. The first-order chi connectivity index (χ1) is 6.85. The average molecular weight is 252 g/mol. The predicted octanol–water partition coefficient (Wildman–Crippen LogP) is -2.27. The molecule has 0 aliphatic rings. The zero-order valence-corrected chi connectivity index (χ0v) is 11.9. The van der Waals surface area contributed by atoms with Gasteiger partial charge in [0, 0.05) is 11.1 Å². The van der Waals surface area contributed by atoms with Crippen molar-refractivity contribution in [2.24, 2.45) is 0 Å². The number of halogens is 2. The summed E-state index contributed by atoms with van der Waals surface area (Å²) in [5, 5.41) is 10.1. The van der Waals surface area contributed by atoms with Gasteiger partial charge in [-0.05, 0) is 6.92 Å². The van der Waals surface area contributed by atoms with Gasteiger partial charge in [0.15, 0.2) is 5.78 Å². The second-order valence-corrected chi connectivity index (χ2v) is 3.00. The van der Waals surface area contributed by atoms with Crippen LogP contribution < -0.4 is 56.5 Å². The summed E-state index contributed by atoms with van der Waals surface area (Å²) in [4.78, 5) is 20.9. The molecular formula is C10H7F2KO3. The zero-order valence-electron chi connectivity index (χ0n) is 8.79. The average Bonchev–Trinajstić information content (AvgIpc) is 2.17. The molecule has 16 heavy (non-hydrogen) atoms. The van der Waals surface area contributed by atoms with E-state index in [-0.39, 0.29) is 62.7 Å². The molecule has 3 nitrogen and oxygen atoms in total. The quantitative estimate of drug-likeness (QED) is 0.450. The zero-order chi connectivity index (χ0) is 11.6. The van der Waals surface area contributed by atoms with Crippen molar-refractivity contribution in [3.05, 3.63) is 35.4 Å². The van der Waals surface area contributed by atoms with Gasteiger partial charge in [0.05, 0.1) is 0 Å². The number of ketones is 1. The number of hydrogen-bond acceptors (Lipinski definition) is 3. The van der Waals surface area contributed by atoms with Crippen LogP contribution in [0.3, 0.4) is 0 Å². The summed E-state index contributed by atoms with van der Waals surface area (Å²) in [6, 6.07) is 4.09. The van der Waals surface area contributed by atoms with Gasteiger partial charge < -0.3 is 9.90 Å². The van der Waals surface area contributed by atoms with Crippen molar-refractivity contribution in [1.82, 2.24) is 0 Å². The van der Waals surface area contributed by atoms with E-state index in [9.17, 15) is 23.5 Å². The first-order valence-electron chi connectivity index (χ1n) is 4.06. The molecule has 0 aliphatic heterocycles. The molecule has 0 heterocycles. The third-order valence-corrected chi connectivity index (χ3v) is 1.91. The number of carbonyl (C=O) groups is 2. The van der Waals surface area contributed by atoms with E-state index >= 15 is 0 Å². The third kappa shape index (κ3) is 3.43. The molecule has 0 atom stereocenters. The third-order valence-electron chi connectivity index (χ3n) is 1.91. The van der Waals surface area contributed by atoms with Crippen molar-refractivity contribution in [1.29, 1.82) is 0 Å². The van der Waals surface area contributed by atoms with Gasteiger partial charge in [0.2, 0.25) is 0 Å². The number of alkyl halides is 2. The Kier molecular flexibility index (Phi) is 5.92. The Hall–Kier alpha value is -0.144. The maximum Gasteiger partial charge on any atom is 1.00 e. The van der Waals surface area contributed by atoms with E-state index in [0.29, 0.717) is 0 Å². The van der Waals surface area contributed by atoms with E-state index in [0.717, 1.165) is 24.3 Å². The van der Waals surface area contributed by atoms with Crippen LogP contribution >= 0.6 is 0 Å². The minimum atomic E-state index is -4.03. The summed E-state index contributed by atoms with van der Waals surface area (Å²) in [7, 11) is 0. The van der Waals surface area contributed by atoms with Crippen LogP contribution in [-0.2, 0) is 10.7 Å². The summed E-state index contributed by atoms with van der Waals surface area (Å²) in [5.41, 5.74) is -0.458. The Morgan fingerprint density at radius 1 is 1.19 bits per heavy atom. The molecule has 0 spiro atoms. The van der Waals surface area contributed by atoms with Crippen molar-refractivity contribution < 1.29 is 74.9 Å². The number of carboxylic acids is 1. The molecule has 1 aromatic rings. The number of carbonyl (C=O) groups excluding carboxylic acids is 2. The molecule has 0 unspecified atom stereocenters. The summed E-state index contributed by atoms with van der Waals surface area (Å²) in [6.45, 7) is 1.28. The largest absolute Gasteiger partial charge is 1.00 e. The summed E-state index contributed by atoms with van der Waals surface area (Å²) >= 11 is 0. The van der Waals surface area contributed by atoms with Crippen molar-refractivity contribution in [3.63, 3.8) is 0 Å². The number of hydrogen-bond donors (Lipinski definition) is 0. The van der Waals surface area contributed by atoms with Crippen LogP contribution in [0.15, 0.2) is 24.3 Å². The Bertz CT molecular complexity index is 401. The Labute approximate surface area is 133 Å². The number of carboxylic acid groups (broad SMARTS) is 1. The molecule has 0 radical (unpaired) electrons. The molecular weight excluding hydrogens is 245 g/mol. The summed E-state index contributed by atoms with van der Waals surface area (Å²) < 4.78 is 25.7. The molecule has 0 saturated carbocycles. The van der Waals surface area contributed by atoms with E-state index in [1.807, 2.05) is 0 Å². The van der Waals surface area contributed by atoms with Crippen LogP contribution in [0.4, 0.5) is 8.78 Å². The number of rotatable bonds is 3. The summed E-state index contributed by atoms with van der Waals surface area (Å²) in [6.07, 6.45) is 0. The van der Waals surface area contributed by atoms with Crippen LogP contribution in [-0.4, -0.2) is 11.8 Å². The molecule has 0 bridgehead atoms. The Morgan fingerprint density at radius 3 is 1.94 bits per heavy atom. The fraction of sp³-hybridized carbons (Fsp3) is 0.200. The monoisotopic (exact) mass is 252 g/mol. The van der Waals surface area contributed by atoms with E-state index in [1.165, 1.54) is 6.92 Å². The molecule has 0 aliphatic carbocycles. The van der Waals surface area contributed by atoms with E-state index < -0.39 is 17.5 Å². The smallest absolute Gasteiger partial charge is 0.544 e. The number of benzene rings is 1. The fourth-order valence-corrected chi connectivity index (χ4v) is 1.03. The normalized spacial score (nSPS) is 10.4. The van der Waals surface area contributed by atoms with Gasteiger partial charge in [0.1, 0.15) is 5.97 Å². The maximum atomic E-state index is 12.9. The van der Waals surface area contributed by atoms with Gasteiger partial charge in [-0.25, -0.2) is 0 Å². The maximum absolute atomic E-state index is 12.9. The SMILES string of the molecule is CC(=O)c1ccc(C(F)(F)C(=O)[O-])cc1.[K+]. The second kappa shape index (κ2) is 5.97. The second-order valence-electron chi connectivity index (χ2n) is 3.00. The van der Waals surface area contributed by atoms with Crippen LogP contribution in [0.25, 0.3) is 0 Å². The van der Waals surface area contributed by atoms with Gasteiger partial charge in [-0.2, -0.15) is 8.78 Å². The first kappa shape index (κ1) is 15.9. The van der Waals surface area contributed by atoms with Gasteiger partial charge in [-0.3, -0.25) is 4.79 Å². The topological polar surface area (TPSA) is 57.2 Å². The van der Waals surface area contributed by atoms with Crippen molar-refractivity contribution in [2.45, 2.75) is 12.8 Å². The molecule has 1 rings (SSSR count). The molecule has 0 saturated heterocycles. The predicted molar refractivity (Wildman–Crippen MR) is 45.3 cm³/mol. The van der Waals surface area contributed by atoms with Crippen LogP contribution in [0.5, 0.6) is 0 Å². The van der Waals surface area contributed by atoms with Gasteiger partial charge in [0.25, 0.3) is 0 Å². The van der Waals surface area contributed by atoms with E-state index in [2.05, 4.69) is 0 Å². The molecule has 1 aromatic carbocycles. The number of aliphatic carboxylic acids is 1. The van der Waals surface area contributed by atoms with Crippen molar-refractivity contribution >= 4 is 11.8 Å². The molecule has 0 amide bonds. The summed E-state index contributed by atoms with van der Waals surface area (Å²) in [5.74, 6) is -6.77. The van der Waals surface area contributed by atoms with Crippen molar-refractivity contribution in [3.8, 4) is 0 Å². The van der Waals surface area contributed by atoms with Crippen LogP contribution in [0.1, 0.15) is 22.8 Å². The first-order valence-corrected chi connectivity index (χ1v) is 4.06. The van der Waals surface area contributed by atoms with Crippen LogP contribution in [0, 0.1) is 0 Å². The van der Waals surface area contributed by atoms with Gasteiger partial charge >= 0.3 is 57.3 Å². The minimum absolute atomic E-state index is 0. The number of Topliss-reactive ketones (excluding diaryl/α,β-unsaturated/α-hetero) is 1. The molecule has 80 valence electrons. The molecule has 0 aromatic heterocycles. The van der Waals surface area contributed by atoms with E-state index in [1.54, 1.807) is 0 Å². The minimum Gasteiger partial charge on any atom is -0.544 e. The Balaban J connectivity index is 0.00000225. The molecule has 0 fully saturated rings. The fourth-order valence-electron chi connectivity index (χ4n) is 1.03.